The predicted molar refractivity (Wildman–Crippen MR) is 77.4 cm³/mol. The van der Waals surface area contributed by atoms with Crippen molar-refractivity contribution in [3.63, 3.8) is 0 Å². The van der Waals surface area contributed by atoms with E-state index >= 15 is 0 Å². The molecule has 0 spiro atoms. The molecule has 0 bridgehead atoms. The molecule has 0 radical (unpaired) electrons. The molecular weight excluding hydrogens is 258 g/mol. The highest BCUT2D eigenvalue weighted by Gasteiger charge is 2.49. The van der Waals surface area contributed by atoms with Gasteiger partial charge in [0.1, 0.15) is 6.07 Å². The molecule has 2 atom stereocenters. The van der Waals surface area contributed by atoms with Crippen LogP contribution in [0.1, 0.15) is 19.4 Å². The monoisotopic (exact) mass is 275 g/mol. The number of hydrogen-bond donors (Lipinski definition) is 1. The van der Waals surface area contributed by atoms with Crippen LogP contribution in [0.5, 0.6) is 0 Å². The molecule has 1 aromatic carbocycles. The third-order valence-corrected chi connectivity index (χ3v) is 5.06. The van der Waals surface area contributed by atoms with Crippen LogP contribution in [0.25, 0.3) is 0 Å². The minimum absolute atomic E-state index is 0.131. The predicted octanol–water partition coefficient (Wildman–Crippen LogP) is 2.65. The van der Waals surface area contributed by atoms with E-state index in [4.69, 9.17) is 16.9 Å². The molecule has 2 saturated heterocycles. The number of halogens is 1. The molecule has 3 nitrogen and oxygen atoms in total. The van der Waals surface area contributed by atoms with E-state index in [1.165, 1.54) is 0 Å². The lowest BCUT2D eigenvalue weighted by Gasteiger charge is -2.37. The van der Waals surface area contributed by atoms with E-state index in [2.05, 4.69) is 30.1 Å². The first-order valence-corrected chi connectivity index (χ1v) is 7.10. The summed E-state index contributed by atoms with van der Waals surface area (Å²) in [6.07, 6.45) is 0. The number of nitrogens with zero attached hydrogens (tertiary/aromatic N) is 2. The van der Waals surface area contributed by atoms with Crippen molar-refractivity contribution in [3.8, 4) is 6.07 Å². The SMILES string of the molecule is CC1(C)C2CNCC2CN1c1ccc(C#N)c(Cl)c1. The molecule has 2 unspecified atom stereocenters. The summed E-state index contributed by atoms with van der Waals surface area (Å²) < 4.78 is 0. The zero-order valence-electron chi connectivity index (χ0n) is 11.3. The molecule has 0 aromatic heterocycles. The maximum Gasteiger partial charge on any atom is 0.101 e. The van der Waals surface area contributed by atoms with E-state index in [1.807, 2.05) is 18.2 Å². The number of rotatable bonds is 1. The fourth-order valence-corrected chi connectivity index (χ4v) is 3.84. The van der Waals surface area contributed by atoms with Crippen molar-refractivity contribution in [2.45, 2.75) is 19.4 Å². The highest BCUT2D eigenvalue weighted by molar-refractivity contribution is 6.32. The van der Waals surface area contributed by atoms with Crippen LogP contribution < -0.4 is 10.2 Å². The van der Waals surface area contributed by atoms with E-state index in [9.17, 15) is 0 Å². The smallest absolute Gasteiger partial charge is 0.101 e. The fraction of sp³-hybridized carbons (Fsp3) is 0.533. The maximum atomic E-state index is 8.95. The Labute approximate surface area is 119 Å². The average Bonchev–Trinajstić information content (AvgIpc) is 2.92. The Balaban J connectivity index is 1.95. The summed E-state index contributed by atoms with van der Waals surface area (Å²) >= 11 is 6.16. The summed E-state index contributed by atoms with van der Waals surface area (Å²) in [5.41, 5.74) is 1.80. The number of benzene rings is 1. The summed E-state index contributed by atoms with van der Waals surface area (Å²) in [4.78, 5) is 2.44. The van der Waals surface area contributed by atoms with Gasteiger partial charge in [-0.15, -0.1) is 0 Å². The molecule has 0 aliphatic carbocycles. The first-order chi connectivity index (χ1) is 9.04. The second-order valence-corrected chi connectivity index (χ2v) is 6.47. The Bertz CT molecular complexity index is 547. The van der Waals surface area contributed by atoms with Crippen molar-refractivity contribution in [3.05, 3.63) is 28.8 Å². The largest absolute Gasteiger partial charge is 0.366 e. The number of nitriles is 1. The standard InChI is InChI=1S/C15H18ClN3/c1-15(2)13-8-18-7-11(13)9-19(15)12-4-3-10(6-17)14(16)5-12/h3-5,11,13,18H,7-9H2,1-2H3. The van der Waals surface area contributed by atoms with Gasteiger partial charge in [0, 0.05) is 30.9 Å². The normalized spacial score (nSPS) is 28.2. The van der Waals surface area contributed by atoms with Gasteiger partial charge in [-0.25, -0.2) is 0 Å². The number of fused-ring (bicyclic) bond motifs is 1. The summed E-state index contributed by atoms with van der Waals surface area (Å²) in [5, 5.41) is 13.0. The zero-order valence-corrected chi connectivity index (χ0v) is 12.0. The molecule has 2 aliphatic rings. The summed E-state index contributed by atoms with van der Waals surface area (Å²) in [7, 11) is 0. The molecule has 4 heteroatoms. The van der Waals surface area contributed by atoms with Gasteiger partial charge in [0.05, 0.1) is 10.6 Å². The Kier molecular flexibility index (Phi) is 2.96. The van der Waals surface area contributed by atoms with Gasteiger partial charge in [-0.3, -0.25) is 0 Å². The van der Waals surface area contributed by atoms with Crippen molar-refractivity contribution in [2.24, 2.45) is 11.8 Å². The van der Waals surface area contributed by atoms with Gasteiger partial charge in [-0.1, -0.05) is 11.6 Å². The van der Waals surface area contributed by atoms with Gasteiger partial charge in [-0.2, -0.15) is 5.26 Å². The average molecular weight is 276 g/mol. The first-order valence-electron chi connectivity index (χ1n) is 6.72. The van der Waals surface area contributed by atoms with Crippen molar-refractivity contribution in [1.29, 1.82) is 5.26 Å². The molecule has 2 heterocycles. The molecule has 1 N–H and O–H groups in total. The second-order valence-electron chi connectivity index (χ2n) is 6.07. The van der Waals surface area contributed by atoms with Crippen LogP contribution in [0.15, 0.2) is 18.2 Å². The van der Waals surface area contributed by atoms with Gasteiger partial charge in [0.25, 0.3) is 0 Å². The molecule has 2 aliphatic heterocycles. The van der Waals surface area contributed by atoms with Crippen LogP contribution >= 0.6 is 11.6 Å². The quantitative estimate of drug-likeness (QED) is 0.856. The van der Waals surface area contributed by atoms with Gasteiger partial charge < -0.3 is 10.2 Å². The summed E-state index contributed by atoms with van der Waals surface area (Å²) in [6.45, 7) is 7.87. The third kappa shape index (κ3) is 1.91. The van der Waals surface area contributed by atoms with E-state index in [-0.39, 0.29) is 5.54 Å². The molecule has 2 fully saturated rings. The van der Waals surface area contributed by atoms with Crippen molar-refractivity contribution >= 4 is 17.3 Å². The van der Waals surface area contributed by atoms with Gasteiger partial charge in [0.15, 0.2) is 0 Å². The lowest BCUT2D eigenvalue weighted by molar-refractivity contribution is 0.357. The number of hydrogen-bond acceptors (Lipinski definition) is 3. The van der Waals surface area contributed by atoms with Gasteiger partial charge >= 0.3 is 0 Å². The molecule has 3 rings (SSSR count). The van der Waals surface area contributed by atoms with Crippen LogP contribution in [0.3, 0.4) is 0 Å². The van der Waals surface area contributed by atoms with Crippen molar-refractivity contribution in [2.75, 3.05) is 24.5 Å². The van der Waals surface area contributed by atoms with Crippen LogP contribution in [0, 0.1) is 23.2 Å². The molecule has 0 saturated carbocycles. The van der Waals surface area contributed by atoms with Crippen LogP contribution in [0.4, 0.5) is 5.69 Å². The lowest BCUT2D eigenvalue weighted by atomic mass is 9.84. The van der Waals surface area contributed by atoms with Crippen molar-refractivity contribution in [1.82, 2.24) is 5.32 Å². The summed E-state index contributed by atoms with van der Waals surface area (Å²) in [6, 6.07) is 7.87. The molecule has 100 valence electrons. The lowest BCUT2D eigenvalue weighted by Crippen LogP contribution is -2.44. The molecular formula is C15H18ClN3. The third-order valence-electron chi connectivity index (χ3n) is 4.74. The van der Waals surface area contributed by atoms with E-state index in [0.717, 1.165) is 25.3 Å². The van der Waals surface area contributed by atoms with E-state index in [0.29, 0.717) is 22.4 Å². The Morgan fingerprint density at radius 1 is 1.42 bits per heavy atom. The Hall–Kier alpha value is -1.24. The summed E-state index contributed by atoms with van der Waals surface area (Å²) in [5.74, 6) is 1.39. The fourth-order valence-electron chi connectivity index (χ4n) is 3.62. The maximum absolute atomic E-state index is 8.95. The van der Waals surface area contributed by atoms with Crippen LogP contribution in [-0.4, -0.2) is 25.2 Å². The minimum Gasteiger partial charge on any atom is -0.366 e. The minimum atomic E-state index is 0.131. The number of anilines is 1. The highest BCUT2D eigenvalue weighted by Crippen LogP contribution is 2.43. The van der Waals surface area contributed by atoms with Crippen molar-refractivity contribution < 1.29 is 0 Å². The van der Waals surface area contributed by atoms with E-state index in [1.54, 1.807) is 0 Å². The highest BCUT2D eigenvalue weighted by atomic mass is 35.5. The van der Waals surface area contributed by atoms with E-state index < -0.39 is 0 Å². The number of nitrogens with one attached hydrogen (secondary N) is 1. The van der Waals surface area contributed by atoms with Crippen LogP contribution in [0.2, 0.25) is 5.02 Å². The first kappa shape index (κ1) is 12.8. The Morgan fingerprint density at radius 2 is 2.21 bits per heavy atom. The van der Waals surface area contributed by atoms with Gasteiger partial charge in [0.2, 0.25) is 0 Å². The Morgan fingerprint density at radius 3 is 2.84 bits per heavy atom. The van der Waals surface area contributed by atoms with Gasteiger partial charge in [-0.05, 0) is 43.9 Å². The van der Waals surface area contributed by atoms with Crippen LogP contribution in [-0.2, 0) is 0 Å². The molecule has 19 heavy (non-hydrogen) atoms. The zero-order chi connectivity index (χ0) is 13.6. The topological polar surface area (TPSA) is 39.1 Å². The molecule has 1 aromatic rings. The second kappa shape index (κ2) is 4.40. The molecule has 0 amide bonds.